The van der Waals surface area contributed by atoms with Crippen LogP contribution < -0.4 is 0 Å². The summed E-state index contributed by atoms with van der Waals surface area (Å²) in [4.78, 5) is 0. The molecule has 2 aliphatic rings. The summed E-state index contributed by atoms with van der Waals surface area (Å²) in [5, 5.41) is 10.3. The lowest BCUT2D eigenvalue weighted by atomic mass is 9.78. The number of hydrogen-bond donors (Lipinski definition) is 0. The van der Waals surface area contributed by atoms with E-state index in [0.717, 1.165) is 0 Å². The fourth-order valence-electron chi connectivity index (χ4n) is 14.0. The van der Waals surface area contributed by atoms with Crippen LogP contribution in [0.3, 0.4) is 0 Å². The zero-order chi connectivity index (χ0) is 51.1. The first kappa shape index (κ1) is 44.4. The standard InChI is InChI=1S/C76H54/c1-43-35-53(49-23-9-7-10-24-49)39-55(37-43)67-57-29-15-16-30-58(57)68(56-38-44(2)36-54(40-56)50-25-11-8-12-26-50)72-60-32-34-62-70-61(33-31-59(69(60)70)71(67)72)73-74(62)76(66-47(5)21-18-22-48(66)6)64-42-52-28-14-13-27-51(52)41-63(64)75(73)65-45(3)19-17-20-46(65)4/h7-42H,1-6H3. The van der Waals surface area contributed by atoms with E-state index < -0.39 is 0 Å². The molecule has 358 valence electrons. The van der Waals surface area contributed by atoms with Gasteiger partial charge in [0.25, 0.3) is 0 Å². The summed E-state index contributed by atoms with van der Waals surface area (Å²) in [6.07, 6.45) is 0. The van der Waals surface area contributed by atoms with Crippen molar-refractivity contribution in [1.29, 1.82) is 0 Å². The summed E-state index contributed by atoms with van der Waals surface area (Å²) >= 11 is 0. The van der Waals surface area contributed by atoms with Gasteiger partial charge in [-0.15, -0.1) is 0 Å². The fraction of sp³-hybridized carbons (Fsp3) is 0.0789. The molecule has 0 nitrogen and oxygen atoms in total. The summed E-state index contributed by atoms with van der Waals surface area (Å²) in [5.41, 5.74) is 33.5. The molecule has 0 spiro atoms. The molecule has 0 amide bonds. The smallest absolute Gasteiger partial charge is 0.000720 e. The van der Waals surface area contributed by atoms with Crippen LogP contribution in [0.4, 0.5) is 0 Å². The van der Waals surface area contributed by atoms with Crippen molar-refractivity contribution >= 4 is 43.1 Å². The van der Waals surface area contributed by atoms with Crippen LogP contribution in [0.2, 0.25) is 0 Å². The molecule has 0 saturated carbocycles. The lowest BCUT2D eigenvalue weighted by Crippen LogP contribution is -1.99. The summed E-state index contributed by atoms with van der Waals surface area (Å²) in [7, 11) is 0. The number of benzene rings is 13. The van der Waals surface area contributed by atoms with Crippen LogP contribution in [0.15, 0.2) is 218 Å². The highest BCUT2D eigenvalue weighted by Crippen LogP contribution is 2.65. The molecule has 0 aromatic heterocycles. The molecule has 0 unspecified atom stereocenters. The van der Waals surface area contributed by atoms with Crippen molar-refractivity contribution in [3.8, 4) is 111 Å². The Bertz CT molecular complexity index is 4330. The van der Waals surface area contributed by atoms with Crippen LogP contribution in [-0.4, -0.2) is 0 Å². The Morgan fingerprint density at radius 1 is 0.197 bits per heavy atom. The van der Waals surface area contributed by atoms with Crippen LogP contribution in [0.25, 0.3) is 154 Å². The van der Waals surface area contributed by atoms with Gasteiger partial charge in [0.1, 0.15) is 0 Å². The quantitative estimate of drug-likeness (QED) is 0.146. The molecule has 0 bridgehead atoms. The monoisotopic (exact) mass is 966 g/mol. The van der Waals surface area contributed by atoms with Gasteiger partial charge in [-0.05, 0) is 254 Å². The van der Waals surface area contributed by atoms with Gasteiger partial charge in [0, 0.05) is 0 Å². The maximum atomic E-state index is 2.51. The van der Waals surface area contributed by atoms with E-state index in [2.05, 4.69) is 260 Å². The molecule has 2 aliphatic carbocycles. The fourth-order valence-corrected chi connectivity index (χ4v) is 14.0. The topological polar surface area (TPSA) is 0 Å². The number of hydrogen-bond acceptors (Lipinski definition) is 0. The maximum absolute atomic E-state index is 2.51. The van der Waals surface area contributed by atoms with Gasteiger partial charge in [0.05, 0.1) is 0 Å². The number of fused-ring (bicyclic) bond motifs is 9. The van der Waals surface area contributed by atoms with E-state index in [4.69, 9.17) is 0 Å². The van der Waals surface area contributed by atoms with Crippen molar-refractivity contribution in [3.05, 3.63) is 252 Å². The van der Waals surface area contributed by atoms with E-state index in [-0.39, 0.29) is 0 Å². The predicted molar refractivity (Wildman–Crippen MR) is 326 cm³/mol. The van der Waals surface area contributed by atoms with Gasteiger partial charge in [0.2, 0.25) is 0 Å². The van der Waals surface area contributed by atoms with Gasteiger partial charge in [0.15, 0.2) is 0 Å². The minimum absolute atomic E-state index is 1.22. The second kappa shape index (κ2) is 16.7. The maximum Gasteiger partial charge on any atom is -0.000720 e. The summed E-state index contributed by atoms with van der Waals surface area (Å²) in [6, 6.07) is 83.1. The van der Waals surface area contributed by atoms with Gasteiger partial charge >= 0.3 is 0 Å². The molecule has 13 aromatic carbocycles. The third kappa shape index (κ3) is 6.44. The highest BCUT2D eigenvalue weighted by molar-refractivity contribution is 6.36. The van der Waals surface area contributed by atoms with E-state index in [9.17, 15) is 0 Å². The lowest BCUT2D eigenvalue weighted by Gasteiger charge is -2.24. The van der Waals surface area contributed by atoms with Gasteiger partial charge < -0.3 is 0 Å². The molecule has 0 heterocycles. The Hall–Kier alpha value is -9.10. The van der Waals surface area contributed by atoms with Crippen molar-refractivity contribution < 1.29 is 0 Å². The Balaban J connectivity index is 1.12. The molecule has 0 atom stereocenters. The minimum Gasteiger partial charge on any atom is -0.0622 e. The van der Waals surface area contributed by atoms with Crippen LogP contribution in [0, 0.1) is 41.5 Å². The minimum atomic E-state index is 1.22. The van der Waals surface area contributed by atoms with E-state index >= 15 is 0 Å². The zero-order valence-corrected chi connectivity index (χ0v) is 43.8. The van der Waals surface area contributed by atoms with E-state index in [0.29, 0.717) is 0 Å². The molecular weight excluding hydrogens is 913 g/mol. The Morgan fingerprint density at radius 2 is 0.526 bits per heavy atom. The highest BCUT2D eigenvalue weighted by atomic mass is 14.4. The molecule has 0 fully saturated rings. The molecule has 0 radical (unpaired) electrons. The second-order valence-corrected chi connectivity index (χ2v) is 21.8. The summed E-state index contributed by atoms with van der Waals surface area (Å²) in [5.74, 6) is 0. The SMILES string of the molecule is Cc1cc(-c2ccccc2)cc(-c2c3c(c(-c4cc(C)cc(-c5ccccc5)c4)c4ccccc24)-c2ccc4c5c(ccc-3c25)-c2c-4c(-c3c(C)cccc3C)c3cc4ccccc4cc3c2-c2c(C)cccc2C)c1. The molecule has 15 rings (SSSR count). The second-order valence-electron chi connectivity index (χ2n) is 21.8. The first-order valence-corrected chi connectivity index (χ1v) is 26.9. The lowest BCUT2D eigenvalue weighted by molar-refractivity contribution is 1.38. The molecule has 0 saturated heterocycles. The van der Waals surface area contributed by atoms with Gasteiger partial charge in [-0.25, -0.2) is 0 Å². The van der Waals surface area contributed by atoms with Crippen molar-refractivity contribution in [2.24, 2.45) is 0 Å². The normalized spacial score (nSPS) is 12.1. The van der Waals surface area contributed by atoms with Crippen molar-refractivity contribution in [3.63, 3.8) is 0 Å². The molecule has 0 aliphatic heterocycles. The highest BCUT2D eigenvalue weighted by Gasteiger charge is 2.38. The molecule has 13 aromatic rings. The van der Waals surface area contributed by atoms with Gasteiger partial charge in [-0.3, -0.25) is 0 Å². The van der Waals surface area contributed by atoms with Crippen LogP contribution in [0.5, 0.6) is 0 Å². The van der Waals surface area contributed by atoms with Crippen LogP contribution in [0.1, 0.15) is 33.4 Å². The average molecular weight is 967 g/mol. The van der Waals surface area contributed by atoms with Crippen molar-refractivity contribution in [1.82, 2.24) is 0 Å². The summed E-state index contributed by atoms with van der Waals surface area (Å²) < 4.78 is 0. The van der Waals surface area contributed by atoms with Gasteiger partial charge in [-0.2, -0.15) is 0 Å². The van der Waals surface area contributed by atoms with E-state index in [1.165, 1.54) is 188 Å². The Morgan fingerprint density at radius 3 is 0.908 bits per heavy atom. The molecule has 0 heteroatoms. The molecule has 76 heavy (non-hydrogen) atoms. The molecular formula is C76H54. The first-order valence-electron chi connectivity index (χ1n) is 26.9. The number of rotatable bonds is 6. The summed E-state index contributed by atoms with van der Waals surface area (Å²) in [6.45, 7) is 13.7. The molecule has 0 N–H and O–H groups in total. The van der Waals surface area contributed by atoms with Crippen molar-refractivity contribution in [2.45, 2.75) is 41.5 Å². The third-order valence-electron chi connectivity index (χ3n) is 17.0. The van der Waals surface area contributed by atoms with E-state index in [1.807, 2.05) is 0 Å². The Labute approximate surface area is 445 Å². The zero-order valence-electron chi connectivity index (χ0n) is 43.8. The first-order chi connectivity index (χ1) is 37.2. The third-order valence-corrected chi connectivity index (χ3v) is 17.0. The van der Waals surface area contributed by atoms with Crippen molar-refractivity contribution in [2.75, 3.05) is 0 Å². The van der Waals surface area contributed by atoms with Gasteiger partial charge in [-0.1, -0.05) is 194 Å². The van der Waals surface area contributed by atoms with Crippen LogP contribution in [-0.2, 0) is 0 Å². The number of aryl methyl sites for hydroxylation is 6. The largest absolute Gasteiger partial charge is 0.0622 e. The predicted octanol–water partition coefficient (Wildman–Crippen LogP) is 21.4. The Kier molecular flexibility index (Phi) is 9.76. The average Bonchev–Trinajstić information content (AvgIpc) is 3.98. The van der Waals surface area contributed by atoms with E-state index in [1.54, 1.807) is 0 Å². The van der Waals surface area contributed by atoms with Crippen LogP contribution >= 0.6 is 0 Å².